The lowest BCUT2D eigenvalue weighted by Gasteiger charge is -2.18. The van der Waals surface area contributed by atoms with E-state index >= 15 is 0 Å². The van der Waals surface area contributed by atoms with Crippen molar-refractivity contribution in [1.82, 2.24) is 0 Å². The van der Waals surface area contributed by atoms with Crippen molar-refractivity contribution in [2.45, 2.75) is 316 Å². The third kappa shape index (κ3) is 54.3. The van der Waals surface area contributed by atoms with E-state index in [0.717, 1.165) is 64.2 Å². The van der Waals surface area contributed by atoms with E-state index in [1.165, 1.54) is 199 Å². The Kier molecular flexibility index (Phi) is 54.8. The molecule has 1 atom stereocenters. The molecule has 68 heavy (non-hydrogen) atoms. The summed E-state index contributed by atoms with van der Waals surface area (Å²) in [5.41, 5.74) is 0. The summed E-state index contributed by atoms with van der Waals surface area (Å²) in [7, 11) is 0. The van der Waals surface area contributed by atoms with Gasteiger partial charge in [0.1, 0.15) is 13.2 Å². The van der Waals surface area contributed by atoms with Crippen LogP contribution in [0.4, 0.5) is 0 Å². The smallest absolute Gasteiger partial charge is 0.306 e. The summed E-state index contributed by atoms with van der Waals surface area (Å²) in [5, 5.41) is 0. The lowest BCUT2D eigenvalue weighted by Crippen LogP contribution is -2.30. The van der Waals surface area contributed by atoms with E-state index in [4.69, 9.17) is 14.2 Å². The van der Waals surface area contributed by atoms with E-state index in [1.54, 1.807) is 0 Å². The molecule has 0 aromatic carbocycles. The summed E-state index contributed by atoms with van der Waals surface area (Å²) < 4.78 is 16.8. The summed E-state index contributed by atoms with van der Waals surface area (Å²) in [6, 6.07) is 0. The van der Waals surface area contributed by atoms with Gasteiger partial charge in [-0.15, -0.1) is 0 Å². The Morgan fingerprint density at radius 3 is 0.868 bits per heavy atom. The fourth-order valence-corrected chi connectivity index (χ4v) is 8.69. The molecule has 0 rings (SSSR count). The first-order valence-corrected chi connectivity index (χ1v) is 29.6. The summed E-state index contributed by atoms with van der Waals surface area (Å²) in [6.45, 7) is 6.50. The van der Waals surface area contributed by atoms with Crippen LogP contribution in [0, 0.1) is 0 Å². The van der Waals surface area contributed by atoms with E-state index in [9.17, 15) is 14.4 Å². The van der Waals surface area contributed by atoms with E-state index < -0.39 is 6.10 Å². The lowest BCUT2D eigenvalue weighted by atomic mass is 10.0. The quantitative estimate of drug-likeness (QED) is 0.0262. The molecule has 0 saturated carbocycles. The minimum Gasteiger partial charge on any atom is -0.462 e. The minimum atomic E-state index is -0.807. The second-order valence-corrected chi connectivity index (χ2v) is 19.9. The van der Waals surface area contributed by atoms with Crippen LogP contribution in [0.2, 0.25) is 0 Å². The van der Waals surface area contributed by atoms with Gasteiger partial charge in [0.2, 0.25) is 0 Å². The normalized spacial score (nSPS) is 12.3. The molecule has 0 saturated heterocycles. The lowest BCUT2D eigenvalue weighted by molar-refractivity contribution is -0.166. The van der Waals surface area contributed by atoms with E-state index in [-0.39, 0.29) is 37.5 Å². The van der Waals surface area contributed by atoms with E-state index in [0.29, 0.717) is 19.3 Å². The Morgan fingerprint density at radius 1 is 0.309 bits per heavy atom. The van der Waals surface area contributed by atoms with Crippen molar-refractivity contribution < 1.29 is 28.6 Å². The van der Waals surface area contributed by atoms with Gasteiger partial charge < -0.3 is 14.2 Å². The van der Waals surface area contributed by atoms with Crippen LogP contribution in [-0.2, 0) is 28.6 Å². The van der Waals surface area contributed by atoms with Crippen molar-refractivity contribution in [3.63, 3.8) is 0 Å². The van der Waals surface area contributed by atoms with Gasteiger partial charge >= 0.3 is 17.9 Å². The maximum Gasteiger partial charge on any atom is 0.306 e. The number of hydrogen-bond acceptors (Lipinski definition) is 6. The van der Waals surface area contributed by atoms with E-state index in [2.05, 4.69) is 63.3 Å². The molecule has 0 aliphatic rings. The predicted molar refractivity (Wildman–Crippen MR) is 293 cm³/mol. The number of carbonyl (C=O) groups excluding carboxylic acids is 3. The van der Waals surface area contributed by atoms with Gasteiger partial charge in [0, 0.05) is 19.3 Å². The van der Waals surface area contributed by atoms with Crippen molar-refractivity contribution in [2.75, 3.05) is 13.2 Å². The Bertz CT molecular complexity index is 1190. The van der Waals surface area contributed by atoms with E-state index in [1.807, 2.05) is 6.08 Å². The first kappa shape index (κ1) is 65.4. The third-order valence-electron chi connectivity index (χ3n) is 13.1. The molecule has 0 bridgehead atoms. The highest BCUT2D eigenvalue weighted by molar-refractivity contribution is 5.71. The zero-order valence-electron chi connectivity index (χ0n) is 45.4. The molecular weight excluding hydrogens is 841 g/mol. The highest BCUT2D eigenvalue weighted by Gasteiger charge is 2.19. The Morgan fingerprint density at radius 2 is 0.574 bits per heavy atom. The van der Waals surface area contributed by atoms with Crippen molar-refractivity contribution in [2.24, 2.45) is 0 Å². The second kappa shape index (κ2) is 57.0. The summed E-state index contributed by atoms with van der Waals surface area (Å²) >= 11 is 0. The molecule has 0 aliphatic heterocycles. The molecule has 1 unspecified atom stereocenters. The van der Waals surface area contributed by atoms with Gasteiger partial charge in [-0.2, -0.15) is 0 Å². The molecule has 0 aromatic rings. The molecule has 0 aliphatic carbocycles. The van der Waals surface area contributed by atoms with Crippen LogP contribution in [0.1, 0.15) is 310 Å². The van der Waals surface area contributed by atoms with Gasteiger partial charge in [-0.3, -0.25) is 14.4 Å². The average Bonchev–Trinajstić information content (AvgIpc) is 3.34. The average molecular weight is 954 g/mol. The maximum atomic E-state index is 12.8. The molecule has 396 valence electrons. The first-order valence-electron chi connectivity index (χ1n) is 29.6. The van der Waals surface area contributed by atoms with Crippen LogP contribution in [0.15, 0.2) is 48.6 Å². The second-order valence-electron chi connectivity index (χ2n) is 19.9. The zero-order chi connectivity index (χ0) is 49.3. The monoisotopic (exact) mass is 953 g/mol. The van der Waals surface area contributed by atoms with Crippen LogP contribution in [0.5, 0.6) is 0 Å². The third-order valence-corrected chi connectivity index (χ3v) is 13.1. The van der Waals surface area contributed by atoms with Crippen molar-refractivity contribution >= 4 is 17.9 Å². The number of carbonyl (C=O) groups is 3. The van der Waals surface area contributed by atoms with Crippen molar-refractivity contribution in [1.29, 1.82) is 0 Å². The van der Waals surface area contributed by atoms with Crippen LogP contribution in [0.25, 0.3) is 0 Å². The van der Waals surface area contributed by atoms with Gasteiger partial charge in [0.05, 0.1) is 0 Å². The van der Waals surface area contributed by atoms with Crippen LogP contribution >= 0.6 is 0 Å². The summed E-state index contributed by atoms with van der Waals surface area (Å²) in [5.74, 6) is -0.963. The first-order chi connectivity index (χ1) is 33.5. The summed E-state index contributed by atoms with van der Waals surface area (Å²) in [6.07, 6.45) is 70.0. The van der Waals surface area contributed by atoms with Gasteiger partial charge in [-0.25, -0.2) is 0 Å². The number of hydrogen-bond donors (Lipinski definition) is 0. The maximum absolute atomic E-state index is 12.8. The van der Waals surface area contributed by atoms with Crippen LogP contribution in [0.3, 0.4) is 0 Å². The molecule has 6 nitrogen and oxygen atoms in total. The molecule has 0 fully saturated rings. The van der Waals surface area contributed by atoms with Crippen molar-refractivity contribution in [3.8, 4) is 0 Å². The van der Waals surface area contributed by atoms with Gasteiger partial charge in [0.15, 0.2) is 6.10 Å². The molecule has 0 spiro atoms. The topological polar surface area (TPSA) is 78.9 Å². The van der Waals surface area contributed by atoms with Gasteiger partial charge in [0.25, 0.3) is 0 Å². The van der Waals surface area contributed by atoms with Gasteiger partial charge in [-0.1, -0.05) is 294 Å². The number of unbranched alkanes of at least 4 members (excludes halogenated alkanes) is 35. The number of esters is 3. The van der Waals surface area contributed by atoms with Crippen LogP contribution < -0.4 is 0 Å². The highest BCUT2D eigenvalue weighted by atomic mass is 16.6. The number of ether oxygens (including phenoxy) is 3. The molecule has 0 aromatic heterocycles. The fraction of sp³-hybridized carbons (Fsp3) is 0.823. The zero-order valence-corrected chi connectivity index (χ0v) is 45.4. The Labute approximate surface area is 422 Å². The SMILES string of the molecule is CC/C=C\C/C=C\C/C=C\C/C=C\CCC(=O)OC(COC(=O)CCCCCCCCCCCCCCC)COC(=O)CCCCCCCCCCCCCCCCCCCCCCCCCC. The van der Waals surface area contributed by atoms with Gasteiger partial charge in [-0.05, 0) is 44.9 Å². The molecule has 0 heterocycles. The molecule has 6 heteroatoms. The molecule has 0 radical (unpaired) electrons. The fourth-order valence-electron chi connectivity index (χ4n) is 8.69. The number of rotatable bonds is 54. The Balaban J connectivity index is 4.26. The molecule has 0 amide bonds. The number of allylic oxidation sites excluding steroid dienone is 8. The highest BCUT2D eigenvalue weighted by Crippen LogP contribution is 2.17. The van der Waals surface area contributed by atoms with Crippen LogP contribution in [-0.4, -0.2) is 37.2 Å². The summed E-state index contributed by atoms with van der Waals surface area (Å²) in [4.78, 5) is 38.1. The largest absolute Gasteiger partial charge is 0.462 e. The molecule has 0 N–H and O–H groups in total. The molecular formula is C62H112O6. The standard InChI is InChI=1S/C62H112O6/c1-4-7-10-13-16-19-22-25-26-27-28-29-30-31-32-33-34-35-38-40-43-46-49-52-55-61(64)67-58-59(68-62(65)56-53-50-47-44-41-37-24-21-18-15-12-9-6-3)57-66-60(63)54-51-48-45-42-39-36-23-20-17-14-11-8-5-2/h9,12,18,21,37,41,47,50,59H,4-8,10-11,13-17,19-20,22-36,38-40,42-46,48-49,51-58H2,1-3H3/b12-9-,21-18-,41-37-,50-47-. The van der Waals surface area contributed by atoms with Crippen molar-refractivity contribution in [3.05, 3.63) is 48.6 Å². The predicted octanol–water partition coefficient (Wildman–Crippen LogP) is 19.8. The Hall–Kier alpha value is -2.63. The minimum absolute atomic E-state index is 0.0973.